The maximum atomic E-state index is 12.1. The number of carboxylic acids is 1. The van der Waals surface area contributed by atoms with Crippen LogP contribution in [-0.4, -0.2) is 97.8 Å². The minimum atomic E-state index is -4.87. The van der Waals surface area contributed by atoms with E-state index in [1.54, 1.807) is 53.7 Å². The van der Waals surface area contributed by atoms with E-state index in [0.717, 1.165) is 12.1 Å². The van der Waals surface area contributed by atoms with Crippen LogP contribution in [0.25, 0.3) is 0 Å². The molecule has 1 atom stereocenters. The van der Waals surface area contributed by atoms with Gasteiger partial charge in [0.15, 0.2) is 5.71 Å². The molecule has 0 aliphatic carbocycles. The fourth-order valence-electron chi connectivity index (χ4n) is 7.33. The molecule has 0 spiro atoms. The summed E-state index contributed by atoms with van der Waals surface area (Å²) in [4.78, 5) is 11.9. The van der Waals surface area contributed by atoms with Gasteiger partial charge in [0.2, 0.25) is 5.69 Å². The molecule has 2 aromatic rings. The van der Waals surface area contributed by atoms with Gasteiger partial charge in [0.25, 0.3) is 0 Å². The van der Waals surface area contributed by atoms with Crippen LogP contribution in [0.1, 0.15) is 76.8 Å². The molecule has 0 saturated heterocycles. The fraction of sp³-hybridized carbons (Fsp3) is 0.444. The van der Waals surface area contributed by atoms with Crippen molar-refractivity contribution in [3.63, 3.8) is 0 Å². The number of anilines is 1. The Balaban J connectivity index is 0.00000580. The van der Waals surface area contributed by atoms with Crippen molar-refractivity contribution in [2.24, 2.45) is 0 Å². The summed E-state index contributed by atoms with van der Waals surface area (Å²) in [5.74, 6) is -2.26. The van der Waals surface area contributed by atoms with Crippen molar-refractivity contribution in [1.82, 2.24) is 0 Å². The van der Waals surface area contributed by atoms with Crippen LogP contribution in [0.4, 0.5) is 11.4 Å². The molecule has 23 heteroatoms. The fourth-order valence-corrected chi connectivity index (χ4v) is 9.29. The molecule has 0 aromatic heterocycles. The van der Waals surface area contributed by atoms with E-state index in [1.807, 2.05) is 6.92 Å². The Morgan fingerprint density at radius 3 is 1.85 bits per heavy atom. The zero-order chi connectivity index (χ0) is 41.9. The van der Waals surface area contributed by atoms with Crippen LogP contribution < -0.4 is 93.6 Å². The number of benzene rings is 2. The van der Waals surface area contributed by atoms with Crippen LogP contribution in [0.2, 0.25) is 0 Å². The molecule has 2 aromatic carbocycles. The predicted octanol–water partition coefficient (Wildman–Crippen LogP) is -5.44. The average molecular weight is 925 g/mol. The van der Waals surface area contributed by atoms with Gasteiger partial charge in [0.05, 0.1) is 35.4 Å². The third-order valence-electron chi connectivity index (χ3n) is 10.00. The third-order valence-corrected chi connectivity index (χ3v) is 13.2. The van der Waals surface area contributed by atoms with Gasteiger partial charge < -0.3 is 28.2 Å². The molecule has 16 nitrogen and oxygen atoms in total. The number of carboxylic acid groups (broad SMARTS) is 1. The van der Waals surface area contributed by atoms with Crippen LogP contribution in [-0.2, 0) is 56.1 Å². The average Bonchev–Trinajstić information content (AvgIpc) is 3.41. The van der Waals surface area contributed by atoms with E-state index in [-0.39, 0.29) is 121 Å². The van der Waals surface area contributed by atoms with Crippen molar-refractivity contribution in [3.8, 4) is 0 Å². The molecule has 0 radical (unpaired) electrons. The number of hydrogen-bond donors (Lipinski definition) is 1. The third kappa shape index (κ3) is 14.9. The van der Waals surface area contributed by atoms with Crippen LogP contribution >= 0.6 is 0 Å². The molecule has 0 bridgehead atoms. The van der Waals surface area contributed by atoms with Crippen molar-refractivity contribution in [2.75, 3.05) is 29.5 Å². The Kier molecular flexibility index (Phi) is 21.2. The first kappa shape index (κ1) is 56.3. The van der Waals surface area contributed by atoms with Crippen molar-refractivity contribution < 1.29 is 155 Å². The molecule has 0 saturated carbocycles. The van der Waals surface area contributed by atoms with Gasteiger partial charge in [-0.05, 0) is 82.0 Å². The summed E-state index contributed by atoms with van der Waals surface area (Å²) in [6.07, 6.45) is 10.0. The zero-order valence-electron chi connectivity index (χ0n) is 33.9. The second-order valence-electron chi connectivity index (χ2n) is 14.4. The Labute approximate surface area is 413 Å². The quantitative estimate of drug-likeness (QED) is 0.0453. The molecule has 2 heterocycles. The van der Waals surface area contributed by atoms with Gasteiger partial charge in [-0.15, -0.1) is 0 Å². The van der Waals surface area contributed by atoms with Crippen molar-refractivity contribution in [1.29, 1.82) is 0 Å². The largest absolute Gasteiger partial charge is 1.00 e. The van der Waals surface area contributed by atoms with E-state index in [1.165, 1.54) is 24.3 Å². The predicted molar refractivity (Wildman–Crippen MR) is 202 cm³/mol. The summed E-state index contributed by atoms with van der Waals surface area (Å²) >= 11 is 0. The maximum absolute atomic E-state index is 12.1. The van der Waals surface area contributed by atoms with Crippen molar-refractivity contribution >= 4 is 63.5 Å². The van der Waals surface area contributed by atoms with E-state index >= 15 is 0 Å². The standard InChI is InChI=1S/C36H46N2O14S4.3Na/c1-35(2)28-24-26(55(47,48)49)15-17-30(28)37(20-10-22-53(41,42)43)32(35)12-6-4-7-13-33-36(3,19-9-5-8-14-34(39)40)29-25-27(56(50,51)52)16-18-31(29)38(33)21-11-23-54(44,45)46;;;/h4,6-7,12-13,15-18,24-25H,5,8-11,14,19-23H2,1-3H3,(H4-,39,40,41,42,43,44,45,46,47,48,49,50,51,52);;;/q;3*+1/p-3. The number of rotatable bonds is 19. The first-order chi connectivity index (χ1) is 25.8. The number of fused-ring (bicyclic) bond motifs is 2. The molecule has 1 unspecified atom stereocenters. The van der Waals surface area contributed by atoms with E-state index in [4.69, 9.17) is 5.11 Å². The van der Waals surface area contributed by atoms with E-state index in [9.17, 15) is 56.7 Å². The number of unbranched alkanes of at least 4 members (excludes halogenated alkanes) is 2. The second-order valence-corrected chi connectivity index (χ2v) is 20.2. The second kappa shape index (κ2) is 22.2. The molecule has 0 amide bonds. The van der Waals surface area contributed by atoms with Crippen LogP contribution in [0, 0.1) is 0 Å². The number of carbonyl (C=O) groups is 1. The number of nitrogens with zero attached hydrogens (tertiary/aromatic N) is 2. The zero-order valence-corrected chi connectivity index (χ0v) is 43.2. The summed E-state index contributed by atoms with van der Waals surface area (Å²) in [5, 5.41) is 9.08. The van der Waals surface area contributed by atoms with E-state index < -0.39 is 78.6 Å². The molecular weight excluding hydrogens is 882 g/mol. The summed E-state index contributed by atoms with van der Waals surface area (Å²) in [6, 6.07) is 7.76. The van der Waals surface area contributed by atoms with Crippen molar-refractivity contribution in [2.45, 2.75) is 86.3 Å². The van der Waals surface area contributed by atoms with Gasteiger partial charge in [0, 0.05) is 65.4 Å². The Hall–Kier alpha value is -0.760. The normalized spacial score (nSPS) is 18.4. The van der Waals surface area contributed by atoms with Crippen LogP contribution in [0.15, 0.2) is 82.3 Å². The van der Waals surface area contributed by atoms with Gasteiger partial charge in [-0.2, -0.15) is 4.58 Å². The van der Waals surface area contributed by atoms with Gasteiger partial charge in [-0.3, -0.25) is 4.79 Å². The van der Waals surface area contributed by atoms with Gasteiger partial charge in [-0.1, -0.05) is 31.1 Å². The van der Waals surface area contributed by atoms with E-state index in [0.29, 0.717) is 59.6 Å². The molecule has 0 fully saturated rings. The Morgan fingerprint density at radius 1 is 0.729 bits per heavy atom. The molecule has 2 aliphatic rings. The van der Waals surface area contributed by atoms with Gasteiger partial charge in [-0.25, -0.2) is 33.7 Å². The molecule has 1 N–H and O–H groups in total. The number of hydrogen-bond acceptors (Lipinski definition) is 14. The number of allylic oxidation sites excluding steroid dienone is 6. The van der Waals surface area contributed by atoms with Gasteiger partial charge in [0.1, 0.15) is 26.8 Å². The minimum Gasteiger partial charge on any atom is -0.748 e. The topological polar surface area (TPSA) is 272 Å². The van der Waals surface area contributed by atoms with Crippen LogP contribution in [0.5, 0.6) is 0 Å². The summed E-state index contributed by atoms with van der Waals surface area (Å²) in [7, 11) is -18.8. The Bertz CT molecular complexity index is 2450. The molecular formula is C36H43N2Na3O14S4. The maximum Gasteiger partial charge on any atom is 1.00 e. The molecule has 4 rings (SSSR count). The minimum absolute atomic E-state index is 0. The Morgan fingerprint density at radius 2 is 1.29 bits per heavy atom. The smallest absolute Gasteiger partial charge is 0.748 e. The monoisotopic (exact) mass is 924 g/mol. The van der Waals surface area contributed by atoms with E-state index in [2.05, 4.69) is 0 Å². The first-order valence-electron chi connectivity index (χ1n) is 17.5. The van der Waals surface area contributed by atoms with Gasteiger partial charge >= 0.3 is 94.6 Å². The first-order valence-corrected chi connectivity index (χ1v) is 23.5. The summed E-state index contributed by atoms with van der Waals surface area (Å²) in [5.41, 5.74) is 1.33. The molecule has 2 aliphatic heterocycles. The summed E-state index contributed by atoms with van der Waals surface area (Å²) in [6.45, 7) is 5.52. The molecule has 59 heavy (non-hydrogen) atoms. The number of aliphatic carboxylic acids is 1. The van der Waals surface area contributed by atoms with Crippen molar-refractivity contribution in [3.05, 3.63) is 83.6 Å². The van der Waals surface area contributed by atoms with Crippen LogP contribution in [0.3, 0.4) is 0 Å². The molecule has 308 valence electrons. The SMILES string of the molecule is CC1(C)C(C=CC=CC=C2N(CCCS(=O)(=O)[O-])c3ccc(S(=O)(=O)[O-])cc3C2(C)CCCCCC(=O)O)=[N+](CCCS(=O)(=O)[O-])c2ccc(S(=O)(=O)[O-])cc21.[Na+].[Na+].[Na+]. The summed E-state index contributed by atoms with van der Waals surface area (Å²) < 4.78 is 142.